The molecule has 4 amide bonds. The number of nitrogens with one attached hydrogen (secondary N) is 2. The molecule has 0 radical (unpaired) electrons. The van der Waals surface area contributed by atoms with E-state index in [1.54, 1.807) is 16.7 Å². The largest absolute Gasteiger partial charge is 0.453 e. The Labute approximate surface area is 271 Å². The molecule has 250 valence electrons. The van der Waals surface area contributed by atoms with Crippen LogP contribution in [-0.4, -0.2) is 115 Å². The van der Waals surface area contributed by atoms with Gasteiger partial charge in [0.15, 0.2) is 0 Å². The highest BCUT2D eigenvalue weighted by Gasteiger charge is 2.39. The van der Waals surface area contributed by atoms with Crippen molar-refractivity contribution in [1.82, 2.24) is 20.4 Å². The van der Waals surface area contributed by atoms with Crippen LogP contribution in [0.25, 0.3) is 0 Å². The highest BCUT2D eigenvalue weighted by molar-refractivity contribution is 6.14. The topological polar surface area (TPSA) is 180 Å². The minimum atomic E-state index is -0.742. The van der Waals surface area contributed by atoms with Crippen molar-refractivity contribution in [1.29, 1.82) is 0 Å². The molecule has 0 bridgehead atoms. The number of alkyl carbamates (subject to hydrolysis) is 2. The fourth-order valence-electron chi connectivity index (χ4n) is 5.59. The van der Waals surface area contributed by atoms with Crippen molar-refractivity contribution in [2.24, 2.45) is 32.5 Å². The first-order chi connectivity index (χ1) is 21.9. The van der Waals surface area contributed by atoms with Crippen LogP contribution in [0.2, 0.25) is 0 Å². The SMILES string of the molecule is COC(=O)N[C@H](C(=O)N1CCC[C@H]1C1=NCC(C#CC#CC(C)/N=C(\N)[C@@H]2CCCN2C(=O)[C@@H](NC(=O)OC)C(C)C)=N1)C(C)C. The molecule has 0 aromatic heterocycles. The summed E-state index contributed by atoms with van der Waals surface area (Å²) in [4.78, 5) is 67.2. The van der Waals surface area contributed by atoms with Gasteiger partial charge in [-0.15, -0.1) is 0 Å². The summed E-state index contributed by atoms with van der Waals surface area (Å²) in [6, 6.07) is -2.60. The molecule has 5 atom stereocenters. The predicted molar refractivity (Wildman–Crippen MR) is 174 cm³/mol. The Balaban J connectivity index is 1.62. The lowest BCUT2D eigenvalue weighted by molar-refractivity contribution is -0.134. The summed E-state index contributed by atoms with van der Waals surface area (Å²) >= 11 is 0. The molecule has 14 heteroatoms. The van der Waals surface area contributed by atoms with E-state index in [1.165, 1.54) is 14.2 Å². The first-order valence-electron chi connectivity index (χ1n) is 15.6. The van der Waals surface area contributed by atoms with Crippen LogP contribution in [0, 0.1) is 35.5 Å². The van der Waals surface area contributed by atoms with Crippen molar-refractivity contribution in [2.45, 2.75) is 90.5 Å². The molecule has 14 nitrogen and oxygen atoms in total. The Kier molecular flexibility index (Phi) is 13.0. The zero-order valence-corrected chi connectivity index (χ0v) is 27.8. The maximum atomic E-state index is 13.3. The van der Waals surface area contributed by atoms with E-state index >= 15 is 0 Å². The number of amidine groups is 2. The van der Waals surface area contributed by atoms with Crippen LogP contribution in [0.1, 0.15) is 60.3 Å². The van der Waals surface area contributed by atoms with Crippen LogP contribution in [0.3, 0.4) is 0 Å². The van der Waals surface area contributed by atoms with Crippen molar-refractivity contribution in [2.75, 3.05) is 33.9 Å². The van der Waals surface area contributed by atoms with Crippen LogP contribution < -0.4 is 16.4 Å². The van der Waals surface area contributed by atoms with Gasteiger partial charge in [-0.05, 0) is 62.2 Å². The van der Waals surface area contributed by atoms with Gasteiger partial charge in [0.2, 0.25) is 11.8 Å². The molecule has 3 rings (SSSR count). The predicted octanol–water partition coefficient (Wildman–Crippen LogP) is 1.34. The number of nitrogens with zero attached hydrogens (tertiary/aromatic N) is 5. The summed E-state index contributed by atoms with van der Waals surface area (Å²) in [6.45, 7) is 10.6. The number of amides is 4. The average Bonchev–Trinajstić information content (AvgIpc) is 3.80. The van der Waals surface area contributed by atoms with E-state index < -0.39 is 30.3 Å². The molecule has 2 saturated heterocycles. The van der Waals surface area contributed by atoms with Crippen molar-refractivity contribution < 1.29 is 28.7 Å². The van der Waals surface area contributed by atoms with E-state index in [-0.39, 0.29) is 35.7 Å². The van der Waals surface area contributed by atoms with Gasteiger partial charge in [-0.1, -0.05) is 33.6 Å². The first-order valence-corrected chi connectivity index (χ1v) is 15.6. The molecule has 46 heavy (non-hydrogen) atoms. The van der Waals surface area contributed by atoms with E-state index in [0.717, 1.165) is 19.3 Å². The number of methoxy groups -OCH3 is 2. The quantitative estimate of drug-likeness (QED) is 0.194. The number of carbonyl (C=O) groups excluding carboxylic acids is 4. The Morgan fingerprint density at radius 2 is 1.46 bits per heavy atom. The molecular weight excluding hydrogens is 592 g/mol. The molecule has 3 aliphatic rings. The Hall–Kier alpha value is -4.59. The Morgan fingerprint density at radius 3 is 2.04 bits per heavy atom. The summed E-state index contributed by atoms with van der Waals surface area (Å²) in [7, 11) is 2.52. The van der Waals surface area contributed by atoms with Gasteiger partial charge in [0.05, 0.1) is 32.8 Å². The molecule has 0 aromatic carbocycles. The average molecular weight is 639 g/mol. The molecule has 4 N–H and O–H groups in total. The zero-order chi connectivity index (χ0) is 34.0. The minimum Gasteiger partial charge on any atom is -0.453 e. The zero-order valence-electron chi connectivity index (χ0n) is 27.8. The number of hydrogen-bond donors (Lipinski definition) is 3. The lowest BCUT2D eigenvalue weighted by atomic mass is 10.0. The van der Waals surface area contributed by atoms with Gasteiger partial charge in [-0.2, -0.15) is 0 Å². The second kappa shape index (κ2) is 16.6. The third-order valence-corrected chi connectivity index (χ3v) is 8.03. The lowest BCUT2D eigenvalue weighted by Gasteiger charge is -2.30. The third kappa shape index (κ3) is 9.22. The van der Waals surface area contributed by atoms with E-state index in [4.69, 9.17) is 10.5 Å². The van der Waals surface area contributed by atoms with E-state index in [9.17, 15) is 19.2 Å². The smallest absolute Gasteiger partial charge is 0.407 e. The summed E-state index contributed by atoms with van der Waals surface area (Å²) in [6.07, 6.45) is 1.64. The Bertz CT molecular complexity index is 1380. The van der Waals surface area contributed by atoms with Crippen molar-refractivity contribution in [3.05, 3.63) is 0 Å². The molecule has 1 unspecified atom stereocenters. The van der Waals surface area contributed by atoms with Gasteiger partial charge in [-0.25, -0.2) is 14.6 Å². The van der Waals surface area contributed by atoms with Crippen molar-refractivity contribution in [3.63, 3.8) is 0 Å². The van der Waals surface area contributed by atoms with Crippen LogP contribution in [0.15, 0.2) is 15.0 Å². The molecule has 2 fully saturated rings. The van der Waals surface area contributed by atoms with E-state index in [1.807, 2.05) is 27.7 Å². The summed E-state index contributed by atoms with van der Waals surface area (Å²) in [5.41, 5.74) is 6.89. The first kappa shape index (κ1) is 35.9. The normalized spacial score (nSPS) is 21.3. The van der Waals surface area contributed by atoms with Gasteiger partial charge >= 0.3 is 12.2 Å². The van der Waals surface area contributed by atoms with Gasteiger partial charge in [-0.3, -0.25) is 19.6 Å². The number of rotatable bonds is 9. The molecule has 3 aliphatic heterocycles. The van der Waals surface area contributed by atoms with E-state index in [2.05, 4.69) is 54.0 Å². The Morgan fingerprint density at radius 1 is 0.891 bits per heavy atom. The van der Waals surface area contributed by atoms with Gasteiger partial charge in [0.1, 0.15) is 35.5 Å². The van der Waals surface area contributed by atoms with Crippen LogP contribution in [0.5, 0.6) is 0 Å². The van der Waals surface area contributed by atoms with Gasteiger partial charge < -0.3 is 35.6 Å². The molecule has 0 aromatic rings. The van der Waals surface area contributed by atoms with Gasteiger partial charge in [0, 0.05) is 13.1 Å². The van der Waals surface area contributed by atoms with Crippen LogP contribution in [0.4, 0.5) is 9.59 Å². The highest BCUT2D eigenvalue weighted by atomic mass is 16.5. The van der Waals surface area contributed by atoms with Crippen LogP contribution in [-0.2, 0) is 19.1 Å². The molecular formula is C32H46N8O6. The standard InChI is InChI=1S/C32H46N8O6/c1-19(2)25(37-31(43)45-6)29(41)39-16-10-14-23(39)27(33)35-21(5)12-8-9-13-22-18-34-28(36-22)24-15-11-17-40(24)30(42)26(20(3)4)38-32(44)46-7/h19-21,23-26H,10-11,14-18H2,1-7H3,(H2,33,35)(H,37,43)(H,38,44)/t21?,23-,24-,25-,26-/m0/s1. The fraction of sp³-hybridized carbons (Fsp3) is 0.656. The van der Waals surface area contributed by atoms with Crippen molar-refractivity contribution in [3.8, 4) is 23.7 Å². The summed E-state index contributed by atoms with van der Waals surface area (Å²) in [5, 5.41) is 5.26. The number of carbonyl (C=O) groups is 4. The van der Waals surface area contributed by atoms with Crippen LogP contribution >= 0.6 is 0 Å². The number of ether oxygens (including phenoxy) is 2. The fourth-order valence-corrected chi connectivity index (χ4v) is 5.59. The minimum absolute atomic E-state index is 0.129. The maximum Gasteiger partial charge on any atom is 0.407 e. The number of likely N-dealkylation sites (tertiary alicyclic amines) is 2. The second-order valence-corrected chi connectivity index (χ2v) is 12.1. The van der Waals surface area contributed by atoms with Crippen molar-refractivity contribution >= 4 is 41.4 Å². The van der Waals surface area contributed by atoms with Gasteiger partial charge in [0.25, 0.3) is 0 Å². The summed E-state index contributed by atoms with van der Waals surface area (Å²) < 4.78 is 9.38. The lowest BCUT2D eigenvalue weighted by Crippen LogP contribution is -2.54. The second-order valence-electron chi connectivity index (χ2n) is 12.1. The maximum absolute atomic E-state index is 13.3. The molecule has 3 heterocycles. The number of aliphatic imine (C=N–C) groups is 3. The number of nitrogens with two attached hydrogens (primary N) is 1. The molecule has 0 aliphatic carbocycles. The third-order valence-electron chi connectivity index (χ3n) is 8.03. The van der Waals surface area contributed by atoms with E-state index in [0.29, 0.717) is 43.4 Å². The monoisotopic (exact) mass is 638 g/mol. The number of hydrogen-bond acceptors (Lipinski definition) is 9. The summed E-state index contributed by atoms with van der Waals surface area (Å²) in [5.74, 6) is 11.7. The highest BCUT2D eigenvalue weighted by Crippen LogP contribution is 2.24. The molecule has 0 spiro atoms. The molecule has 0 saturated carbocycles.